The van der Waals surface area contributed by atoms with Gasteiger partial charge < -0.3 is 15.5 Å². The molecule has 4 nitrogen and oxygen atoms in total. The number of amides is 2. The molecule has 0 radical (unpaired) electrons. The molecule has 0 bridgehead atoms. The molecule has 1 fully saturated rings. The number of rotatable bonds is 4. The summed E-state index contributed by atoms with van der Waals surface area (Å²) < 4.78 is 27.1. The Bertz CT molecular complexity index is 807. The van der Waals surface area contributed by atoms with E-state index in [4.69, 9.17) is 5.73 Å². The zero-order valence-corrected chi connectivity index (χ0v) is 15.7. The van der Waals surface area contributed by atoms with Crippen molar-refractivity contribution in [1.29, 1.82) is 0 Å². The van der Waals surface area contributed by atoms with Crippen molar-refractivity contribution in [1.82, 2.24) is 9.80 Å². The van der Waals surface area contributed by atoms with Crippen LogP contribution in [0.3, 0.4) is 0 Å². The topological polar surface area (TPSA) is 49.6 Å². The minimum absolute atomic E-state index is 0.0150. The van der Waals surface area contributed by atoms with Crippen molar-refractivity contribution < 1.29 is 13.6 Å². The van der Waals surface area contributed by atoms with Crippen LogP contribution in [-0.4, -0.2) is 48.1 Å². The Kier molecular flexibility index (Phi) is 5.75. The molecule has 2 aromatic rings. The van der Waals surface area contributed by atoms with Gasteiger partial charge in [-0.25, -0.2) is 13.6 Å². The summed E-state index contributed by atoms with van der Waals surface area (Å²) in [7, 11) is 1.78. The zero-order valence-electron chi connectivity index (χ0n) is 15.7. The number of benzene rings is 2. The monoisotopic (exact) mass is 373 g/mol. The molecule has 2 N–H and O–H groups in total. The molecule has 1 heterocycles. The van der Waals surface area contributed by atoms with Crippen molar-refractivity contribution in [2.75, 3.05) is 20.1 Å². The Morgan fingerprint density at radius 3 is 2.56 bits per heavy atom. The normalized spacial score (nSPS) is 19.4. The van der Waals surface area contributed by atoms with E-state index in [9.17, 15) is 13.6 Å². The Balaban J connectivity index is 1.83. The van der Waals surface area contributed by atoms with Gasteiger partial charge in [0.1, 0.15) is 11.6 Å². The molecule has 1 aliphatic rings. The van der Waals surface area contributed by atoms with Gasteiger partial charge in [-0.2, -0.15) is 0 Å². The third kappa shape index (κ3) is 4.27. The van der Waals surface area contributed by atoms with Gasteiger partial charge in [0.2, 0.25) is 0 Å². The molecule has 2 aromatic carbocycles. The van der Waals surface area contributed by atoms with Gasteiger partial charge in [-0.05, 0) is 48.6 Å². The number of carbonyl (C=O) groups is 1. The quantitative estimate of drug-likeness (QED) is 0.889. The van der Waals surface area contributed by atoms with Gasteiger partial charge in [0.25, 0.3) is 0 Å². The molecule has 27 heavy (non-hydrogen) atoms. The summed E-state index contributed by atoms with van der Waals surface area (Å²) in [6, 6.07) is 10.8. The number of likely N-dealkylation sites (tertiary alicyclic amines) is 1. The first-order chi connectivity index (χ1) is 12.9. The standard InChI is InChI=1S/C21H25F2N3O/c1-3-25(2)21(27)26-8-7-19(24)20(26)10-14-5-4-6-15(9-14)16-11-17(22)13-18(23)12-16/h4-6,9,11-13,19-20H,3,7-8,10,24H2,1-2H3. The highest BCUT2D eigenvalue weighted by atomic mass is 19.1. The van der Waals surface area contributed by atoms with E-state index in [1.54, 1.807) is 11.9 Å². The first kappa shape index (κ1) is 19.3. The van der Waals surface area contributed by atoms with Crippen LogP contribution in [0, 0.1) is 11.6 Å². The molecule has 1 aliphatic heterocycles. The van der Waals surface area contributed by atoms with Gasteiger partial charge in [0, 0.05) is 32.2 Å². The Hall–Kier alpha value is -2.47. The fourth-order valence-electron chi connectivity index (χ4n) is 3.57. The molecule has 0 spiro atoms. The number of hydrogen-bond donors (Lipinski definition) is 1. The first-order valence-corrected chi connectivity index (χ1v) is 9.21. The largest absolute Gasteiger partial charge is 0.328 e. The fraction of sp³-hybridized carbons (Fsp3) is 0.381. The summed E-state index contributed by atoms with van der Waals surface area (Å²) in [5.74, 6) is -1.21. The lowest BCUT2D eigenvalue weighted by molar-refractivity contribution is 0.157. The summed E-state index contributed by atoms with van der Waals surface area (Å²) in [6.45, 7) is 3.21. The van der Waals surface area contributed by atoms with Crippen molar-refractivity contribution in [2.24, 2.45) is 5.73 Å². The number of nitrogens with two attached hydrogens (primary N) is 1. The summed E-state index contributed by atoms with van der Waals surface area (Å²) in [6.07, 6.45) is 1.37. The zero-order chi connectivity index (χ0) is 19.6. The maximum Gasteiger partial charge on any atom is 0.320 e. The second-order valence-electron chi connectivity index (χ2n) is 7.07. The van der Waals surface area contributed by atoms with Crippen LogP contribution in [0.25, 0.3) is 11.1 Å². The van der Waals surface area contributed by atoms with Crippen molar-refractivity contribution in [3.05, 3.63) is 59.7 Å². The Labute approximate surface area is 158 Å². The summed E-state index contributed by atoms with van der Waals surface area (Å²) >= 11 is 0. The number of carbonyl (C=O) groups excluding carboxylic acids is 1. The highest BCUT2D eigenvalue weighted by Gasteiger charge is 2.35. The minimum Gasteiger partial charge on any atom is -0.328 e. The summed E-state index contributed by atoms with van der Waals surface area (Å²) in [4.78, 5) is 16.1. The summed E-state index contributed by atoms with van der Waals surface area (Å²) in [5.41, 5.74) is 8.48. The highest BCUT2D eigenvalue weighted by molar-refractivity contribution is 5.75. The molecule has 3 rings (SSSR count). The SMILES string of the molecule is CCN(C)C(=O)N1CCC(N)C1Cc1cccc(-c2cc(F)cc(F)c2)c1. The number of halogens is 2. The fourth-order valence-corrected chi connectivity index (χ4v) is 3.57. The van der Waals surface area contributed by atoms with Crippen LogP contribution in [0.1, 0.15) is 18.9 Å². The van der Waals surface area contributed by atoms with E-state index >= 15 is 0 Å². The van der Waals surface area contributed by atoms with Gasteiger partial charge in [-0.1, -0.05) is 24.3 Å². The predicted molar refractivity (Wildman–Crippen MR) is 102 cm³/mol. The lowest BCUT2D eigenvalue weighted by atomic mass is 9.97. The van der Waals surface area contributed by atoms with E-state index in [0.29, 0.717) is 25.1 Å². The molecule has 2 atom stereocenters. The molecule has 0 saturated carbocycles. The number of hydrogen-bond acceptors (Lipinski definition) is 2. The average molecular weight is 373 g/mol. The molecular weight excluding hydrogens is 348 g/mol. The smallest absolute Gasteiger partial charge is 0.320 e. The Morgan fingerprint density at radius 2 is 1.89 bits per heavy atom. The van der Waals surface area contributed by atoms with E-state index < -0.39 is 11.6 Å². The predicted octanol–water partition coefficient (Wildman–Crippen LogP) is 3.65. The third-order valence-electron chi connectivity index (χ3n) is 5.21. The Morgan fingerprint density at radius 1 is 1.19 bits per heavy atom. The lowest BCUT2D eigenvalue weighted by Gasteiger charge is -2.30. The van der Waals surface area contributed by atoms with Crippen LogP contribution >= 0.6 is 0 Å². The maximum absolute atomic E-state index is 13.5. The van der Waals surface area contributed by atoms with Crippen molar-refractivity contribution in [3.63, 3.8) is 0 Å². The van der Waals surface area contributed by atoms with E-state index in [1.165, 1.54) is 12.1 Å². The van der Waals surface area contributed by atoms with Gasteiger partial charge in [0.05, 0.1) is 6.04 Å². The van der Waals surface area contributed by atoms with Crippen LogP contribution < -0.4 is 5.73 Å². The number of nitrogens with zero attached hydrogens (tertiary/aromatic N) is 2. The van der Waals surface area contributed by atoms with Crippen molar-refractivity contribution >= 4 is 6.03 Å². The van der Waals surface area contributed by atoms with Gasteiger partial charge in [-0.3, -0.25) is 0 Å². The van der Waals surface area contributed by atoms with Gasteiger partial charge >= 0.3 is 6.03 Å². The lowest BCUT2D eigenvalue weighted by Crippen LogP contribution is -2.48. The molecule has 2 unspecified atom stereocenters. The first-order valence-electron chi connectivity index (χ1n) is 9.21. The number of urea groups is 1. The third-order valence-corrected chi connectivity index (χ3v) is 5.21. The van der Waals surface area contributed by atoms with E-state index in [-0.39, 0.29) is 18.1 Å². The van der Waals surface area contributed by atoms with Crippen LogP contribution in [-0.2, 0) is 6.42 Å². The van der Waals surface area contributed by atoms with E-state index in [0.717, 1.165) is 23.6 Å². The van der Waals surface area contributed by atoms with Gasteiger partial charge in [-0.15, -0.1) is 0 Å². The maximum atomic E-state index is 13.5. The molecule has 6 heteroatoms. The van der Waals surface area contributed by atoms with E-state index in [2.05, 4.69) is 0 Å². The van der Waals surface area contributed by atoms with Gasteiger partial charge in [0.15, 0.2) is 0 Å². The van der Waals surface area contributed by atoms with Crippen molar-refractivity contribution in [3.8, 4) is 11.1 Å². The summed E-state index contributed by atoms with van der Waals surface area (Å²) in [5, 5.41) is 0. The van der Waals surface area contributed by atoms with Crippen LogP contribution in [0.15, 0.2) is 42.5 Å². The minimum atomic E-state index is -0.604. The van der Waals surface area contributed by atoms with Crippen LogP contribution in [0.5, 0.6) is 0 Å². The molecule has 1 saturated heterocycles. The molecule has 0 aliphatic carbocycles. The second kappa shape index (κ2) is 8.05. The molecule has 0 aromatic heterocycles. The van der Waals surface area contributed by atoms with Crippen LogP contribution in [0.4, 0.5) is 13.6 Å². The second-order valence-corrected chi connectivity index (χ2v) is 7.07. The van der Waals surface area contributed by atoms with Crippen molar-refractivity contribution in [2.45, 2.75) is 31.8 Å². The molecular formula is C21H25F2N3O. The highest BCUT2D eigenvalue weighted by Crippen LogP contribution is 2.26. The molecule has 144 valence electrons. The van der Waals surface area contributed by atoms with Crippen LogP contribution in [0.2, 0.25) is 0 Å². The average Bonchev–Trinajstić information content (AvgIpc) is 3.00. The molecule has 2 amide bonds. The van der Waals surface area contributed by atoms with E-state index in [1.807, 2.05) is 36.1 Å².